The Balaban J connectivity index is 2.69. The molecule has 0 amide bonds. The van der Waals surface area contributed by atoms with Gasteiger partial charge in [-0.15, -0.1) is 0 Å². The van der Waals surface area contributed by atoms with E-state index in [0.29, 0.717) is 0 Å². The maximum absolute atomic E-state index is 12.0. The van der Waals surface area contributed by atoms with E-state index in [1.807, 2.05) is 0 Å². The molecule has 4 heteroatoms. The van der Waals surface area contributed by atoms with Gasteiger partial charge in [-0.05, 0) is 33.6 Å². The fraction of sp³-hybridized carbons (Fsp3) is 1.00. The van der Waals surface area contributed by atoms with E-state index in [4.69, 9.17) is 0 Å². The van der Waals surface area contributed by atoms with Crippen LogP contribution in [0.25, 0.3) is 0 Å². The van der Waals surface area contributed by atoms with Crippen molar-refractivity contribution in [2.45, 2.75) is 82.9 Å². The van der Waals surface area contributed by atoms with E-state index in [2.05, 4.69) is 11.6 Å². The van der Waals surface area contributed by atoms with Crippen LogP contribution in [0.5, 0.6) is 0 Å². The molecular weight excluding hydrogens is 234 g/mol. The summed E-state index contributed by atoms with van der Waals surface area (Å²) in [6, 6.07) is 0. The van der Waals surface area contributed by atoms with Crippen LogP contribution in [-0.4, -0.2) is 19.2 Å². The lowest BCUT2D eigenvalue weighted by atomic mass is 9.91. The average molecular weight is 261 g/mol. The molecule has 0 heterocycles. The Hall–Kier alpha value is -0.0900. The first-order valence-electron chi connectivity index (χ1n) is 6.88. The summed E-state index contributed by atoms with van der Waals surface area (Å²) in [6.45, 7) is 5.54. The van der Waals surface area contributed by atoms with Crippen LogP contribution in [0.4, 0.5) is 0 Å². The van der Waals surface area contributed by atoms with E-state index in [0.717, 1.165) is 25.7 Å². The van der Waals surface area contributed by atoms with Gasteiger partial charge in [0, 0.05) is 5.54 Å². The van der Waals surface area contributed by atoms with E-state index in [-0.39, 0.29) is 10.8 Å². The number of nitrogens with one attached hydrogen (secondary N) is 1. The smallest absolute Gasteiger partial charge is 0.212 e. The second-order valence-corrected chi connectivity index (χ2v) is 8.11. The molecule has 3 nitrogen and oxygen atoms in total. The molecule has 0 spiro atoms. The third-order valence-corrected chi connectivity index (χ3v) is 5.73. The molecule has 1 fully saturated rings. The minimum Gasteiger partial charge on any atom is -0.212 e. The zero-order valence-corrected chi connectivity index (χ0v) is 12.3. The molecule has 1 aliphatic rings. The summed E-state index contributed by atoms with van der Waals surface area (Å²) < 4.78 is 26.9. The van der Waals surface area contributed by atoms with Gasteiger partial charge in [-0.2, -0.15) is 0 Å². The lowest BCUT2D eigenvalue weighted by molar-refractivity contribution is 0.343. The second-order valence-electron chi connectivity index (χ2n) is 5.88. The van der Waals surface area contributed by atoms with E-state index in [1.54, 1.807) is 13.8 Å². The van der Waals surface area contributed by atoms with Gasteiger partial charge in [0.15, 0.2) is 0 Å². The van der Waals surface area contributed by atoms with Crippen LogP contribution in [-0.2, 0) is 10.0 Å². The Labute approximate surface area is 106 Å². The normalized spacial score (nSPS) is 22.8. The van der Waals surface area contributed by atoms with Crippen LogP contribution in [0.1, 0.15) is 72.1 Å². The van der Waals surface area contributed by atoms with Crippen LogP contribution in [0.3, 0.4) is 0 Å². The second kappa shape index (κ2) is 6.19. The summed E-state index contributed by atoms with van der Waals surface area (Å²) in [5, 5.41) is -0.341. The highest BCUT2D eigenvalue weighted by atomic mass is 32.2. The lowest BCUT2D eigenvalue weighted by Gasteiger charge is -2.31. The Morgan fingerprint density at radius 3 is 1.76 bits per heavy atom. The number of hydrogen-bond acceptors (Lipinski definition) is 2. The van der Waals surface area contributed by atoms with Crippen molar-refractivity contribution in [2.24, 2.45) is 0 Å². The number of hydrogen-bond donors (Lipinski definition) is 1. The third kappa shape index (κ3) is 4.96. The number of sulfonamides is 1. The molecule has 0 unspecified atom stereocenters. The van der Waals surface area contributed by atoms with Crippen LogP contribution in [0.2, 0.25) is 0 Å². The van der Waals surface area contributed by atoms with E-state index < -0.39 is 10.0 Å². The minimum atomic E-state index is -3.15. The minimum absolute atomic E-state index is 0.229. The Morgan fingerprint density at radius 2 is 1.35 bits per heavy atom. The first kappa shape index (κ1) is 15.0. The van der Waals surface area contributed by atoms with E-state index >= 15 is 0 Å². The molecule has 0 saturated heterocycles. The van der Waals surface area contributed by atoms with E-state index in [9.17, 15) is 8.42 Å². The van der Waals surface area contributed by atoms with Gasteiger partial charge >= 0.3 is 0 Å². The van der Waals surface area contributed by atoms with E-state index in [1.165, 1.54) is 25.7 Å². The van der Waals surface area contributed by atoms with Crippen molar-refractivity contribution in [1.82, 2.24) is 4.72 Å². The Kier molecular flexibility index (Phi) is 5.45. The molecule has 1 saturated carbocycles. The predicted molar refractivity (Wildman–Crippen MR) is 72.5 cm³/mol. The van der Waals surface area contributed by atoms with Crippen molar-refractivity contribution >= 4 is 10.0 Å². The highest BCUT2D eigenvalue weighted by Gasteiger charge is 2.30. The first-order valence-corrected chi connectivity index (χ1v) is 8.43. The highest BCUT2D eigenvalue weighted by Crippen LogP contribution is 2.26. The van der Waals surface area contributed by atoms with Gasteiger partial charge in [-0.25, -0.2) is 13.1 Å². The van der Waals surface area contributed by atoms with Gasteiger partial charge in [0.1, 0.15) is 0 Å². The summed E-state index contributed by atoms with van der Waals surface area (Å²) in [6.07, 6.45) is 9.28. The SMILES string of the molecule is CC(C)S(=O)(=O)NC1(C)CCCCCCCC1. The molecule has 0 bridgehead atoms. The predicted octanol–water partition coefficient (Wildman–Crippen LogP) is 3.21. The van der Waals surface area contributed by atoms with Crippen LogP contribution in [0.15, 0.2) is 0 Å². The zero-order valence-electron chi connectivity index (χ0n) is 11.5. The van der Waals surface area contributed by atoms with Crippen molar-refractivity contribution in [3.8, 4) is 0 Å². The molecule has 0 radical (unpaired) electrons. The highest BCUT2D eigenvalue weighted by molar-refractivity contribution is 7.90. The fourth-order valence-electron chi connectivity index (χ4n) is 2.43. The van der Waals surface area contributed by atoms with Gasteiger partial charge in [0.05, 0.1) is 5.25 Å². The van der Waals surface area contributed by atoms with Crippen molar-refractivity contribution in [2.75, 3.05) is 0 Å². The molecule has 0 atom stereocenters. The Morgan fingerprint density at radius 1 is 0.941 bits per heavy atom. The number of rotatable bonds is 3. The van der Waals surface area contributed by atoms with Crippen molar-refractivity contribution in [1.29, 1.82) is 0 Å². The van der Waals surface area contributed by atoms with Crippen molar-refractivity contribution < 1.29 is 8.42 Å². The van der Waals surface area contributed by atoms with Crippen LogP contribution >= 0.6 is 0 Å². The standard InChI is InChI=1S/C13H27NO2S/c1-12(2)17(15,16)14-13(3)10-8-6-4-5-7-9-11-13/h12,14H,4-11H2,1-3H3. The largest absolute Gasteiger partial charge is 0.214 e. The van der Waals surface area contributed by atoms with Crippen molar-refractivity contribution in [3.05, 3.63) is 0 Å². The quantitative estimate of drug-likeness (QED) is 0.848. The fourth-order valence-corrected chi connectivity index (χ4v) is 3.55. The first-order chi connectivity index (χ1) is 7.86. The molecule has 0 aromatic rings. The molecule has 1 aliphatic carbocycles. The summed E-state index contributed by atoms with van der Waals surface area (Å²) >= 11 is 0. The third-order valence-electron chi connectivity index (χ3n) is 3.72. The van der Waals surface area contributed by atoms with Gasteiger partial charge in [-0.3, -0.25) is 0 Å². The van der Waals surface area contributed by atoms with Gasteiger partial charge < -0.3 is 0 Å². The average Bonchev–Trinajstić information content (AvgIpc) is 2.29. The summed E-state index contributed by atoms with van der Waals surface area (Å²) in [4.78, 5) is 0. The molecular formula is C13H27NO2S. The zero-order chi connectivity index (χ0) is 12.9. The molecule has 0 aliphatic heterocycles. The van der Waals surface area contributed by atoms with Gasteiger partial charge in [0.25, 0.3) is 0 Å². The lowest BCUT2D eigenvalue weighted by Crippen LogP contribution is -2.48. The molecule has 102 valence electrons. The molecule has 1 N–H and O–H groups in total. The molecule has 0 aromatic carbocycles. The molecule has 0 aromatic heterocycles. The summed E-state index contributed by atoms with van der Waals surface area (Å²) in [5.74, 6) is 0. The monoisotopic (exact) mass is 261 g/mol. The summed E-state index contributed by atoms with van der Waals surface area (Å²) in [7, 11) is -3.15. The summed E-state index contributed by atoms with van der Waals surface area (Å²) in [5.41, 5.74) is -0.229. The maximum Gasteiger partial charge on any atom is 0.214 e. The van der Waals surface area contributed by atoms with Crippen LogP contribution in [0, 0.1) is 0 Å². The van der Waals surface area contributed by atoms with Crippen LogP contribution < -0.4 is 4.72 Å². The van der Waals surface area contributed by atoms with Crippen molar-refractivity contribution in [3.63, 3.8) is 0 Å². The molecule has 17 heavy (non-hydrogen) atoms. The molecule has 1 rings (SSSR count). The topological polar surface area (TPSA) is 46.2 Å². The van der Waals surface area contributed by atoms with Gasteiger partial charge in [0.2, 0.25) is 10.0 Å². The Bertz CT molecular complexity index is 312. The maximum atomic E-state index is 12.0. The van der Waals surface area contributed by atoms with Gasteiger partial charge in [-0.1, -0.05) is 38.5 Å².